The number of aromatic nitrogens is 2. The van der Waals surface area contributed by atoms with Gasteiger partial charge in [-0.2, -0.15) is 5.10 Å². The van der Waals surface area contributed by atoms with Crippen LogP contribution >= 0.6 is 0 Å². The van der Waals surface area contributed by atoms with Crippen molar-refractivity contribution < 1.29 is 9.18 Å². The fourth-order valence-corrected chi connectivity index (χ4v) is 3.86. The number of aryl methyl sites for hydroxylation is 1. The zero-order chi connectivity index (χ0) is 19.7. The fourth-order valence-electron chi connectivity index (χ4n) is 3.86. The highest BCUT2D eigenvalue weighted by atomic mass is 19.1. The molecule has 0 unspecified atom stereocenters. The van der Waals surface area contributed by atoms with E-state index in [2.05, 4.69) is 4.90 Å². The number of nitrogens with zero attached hydrogens (tertiary/aromatic N) is 3. The van der Waals surface area contributed by atoms with Gasteiger partial charge in [0.2, 0.25) is 5.91 Å². The van der Waals surface area contributed by atoms with E-state index in [4.69, 9.17) is 10.8 Å². The molecular weight excluding hydrogens is 355 g/mol. The van der Waals surface area contributed by atoms with E-state index in [0.29, 0.717) is 6.54 Å². The van der Waals surface area contributed by atoms with Gasteiger partial charge in [0, 0.05) is 23.9 Å². The molecule has 1 aliphatic heterocycles. The average molecular weight is 378 g/mol. The lowest BCUT2D eigenvalue weighted by molar-refractivity contribution is -0.122. The number of likely N-dealkylation sites (tertiary alicyclic amines) is 1. The molecule has 1 saturated heterocycles. The van der Waals surface area contributed by atoms with Crippen LogP contribution in [-0.4, -0.2) is 33.2 Å². The van der Waals surface area contributed by atoms with Crippen molar-refractivity contribution in [3.63, 3.8) is 0 Å². The first-order valence-electron chi connectivity index (χ1n) is 9.46. The van der Waals surface area contributed by atoms with Crippen molar-refractivity contribution >= 4 is 5.91 Å². The second-order valence-electron chi connectivity index (χ2n) is 7.33. The summed E-state index contributed by atoms with van der Waals surface area (Å²) in [7, 11) is 0. The molecule has 0 saturated carbocycles. The molecule has 3 aromatic rings. The van der Waals surface area contributed by atoms with Gasteiger partial charge < -0.3 is 5.73 Å². The van der Waals surface area contributed by atoms with Crippen LogP contribution in [0.3, 0.4) is 0 Å². The minimum absolute atomic E-state index is 0.261. The van der Waals surface area contributed by atoms with E-state index in [-0.39, 0.29) is 17.8 Å². The van der Waals surface area contributed by atoms with Gasteiger partial charge in [-0.05, 0) is 56.1 Å². The predicted molar refractivity (Wildman–Crippen MR) is 106 cm³/mol. The lowest BCUT2D eigenvalue weighted by Crippen LogP contribution is -2.39. The van der Waals surface area contributed by atoms with E-state index in [9.17, 15) is 9.18 Å². The summed E-state index contributed by atoms with van der Waals surface area (Å²) < 4.78 is 15.7. The Morgan fingerprint density at radius 3 is 2.82 bits per heavy atom. The smallest absolute Gasteiger partial charge is 0.234 e. The first-order valence-corrected chi connectivity index (χ1v) is 9.46. The molecule has 0 bridgehead atoms. The summed E-state index contributed by atoms with van der Waals surface area (Å²) in [6.45, 7) is 3.39. The SMILES string of the molecule is Cc1cccc(-n2cc(CN3CCC[C@H]3C(N)=O)c(-c3cccc(F)c3)n2)c1. The highest BCUT2D eigenvalue weighted by molar-refractivity contribution is 5.80. The van der Waals surface area contributed by atoms with Gasteiger partial charge in [-0.1, -0.05) is 24.3 Å². The third-order valence-electron chi connectivity index (χ3n) is 5.22. The van der Waals surface area contributed by atoms with Crippen molar-refractivity contribution in [1.29, 1.82) is 0 Å². The monoisotopic (exact) mass is 378 g/mol. The Morgan fingerprint density at radius 2 is 2.07 bits per heavy atom. The van der Waals surface area contributed by atoms with Gasteiger partial charge in [0.25, 0.3) is 0 Å². The standard InChI is InChI=1S/C22H23FN4O/c1-15-5-2-8-19(11-15)27-14-17(13-26-10-4-9-20(26)22(24)28)21(25-27)16-6-3-7-18(23)12-16/h2-3,5-8,11-12,14,20H,4,9-10,13H2,1H3,(H2,24,28)/t20-/m0/s1. The van der Waals surface area contributed by atoms with Gasteiger partial charge in [-0.15, -0.1) is 0 Å². The normalized spacial score (nSPS) is 17.1. The summed E-state index contributed by atoms with van der Waals surface area (Å²) in [5.41, 5.74) is 10.0. The molecule has 1 aliphatic rings. The Bertz CT molecular complexity index is 1010. The van der Waals surface area contributed by atoms with Crippen molar-refractivity contribution in [1.82, 2.24) is 14.7 Å². The molecule has 0 radical (unpaired) electrons. The van der Waals surface area contributed by atoms with Crippen LogP contribution in [0.5, 0.6) is 0 Å². The van der Waals surface area contributed by atoms with Crippen molar-refractivity contribution in [3.05, 3.63) is 71.7 Å². The van der Waals surface area contributed by atoms with Crippen LogP contribution in [0.2, 0.25) is 0 Å². The Morgan fingerprint density at radius 1 is 1.25 bits per heavy atom. The number of nitrogens with two attached hydrogens (primary N) is 1. The lowest BCUT2D eigenvalue weighted by Gasteiger charge is -2.21. The molecular formula is C22H23FN4O. The zero-order valence-corrected chi connectivity index (χ0v) is 15.8. The summed E-state index contributed by atoms with van der Waals surface area (Å²) >= 11 is 0. The molecule has 4 rings (SSSR count). The second kappa shape index (κ2) is 7.56. The largest absolute Gasteiger partial charge is 0.368 e. The Hall–Kier alpha value is -2.99. The molecule has 1 aromatic heterocycles. The van der Waals surface area contributed by atoms with Crippen molar-refractivity contribution in [2.75, 3.05) is 6.54 Å². The maximum Gasteiger partial charge on any atom is 0.234 e. The molecule has 5 nitrogen and oxygen atoms in total. The quantitative estimate of drug-likeness (QED) is 0.740. The molecule has 0 aliphatic carbocycles. The van der Waals surface area contributed by atoms with Crippen molar-refractivity contribution in [2.24, 2.45) is 5.73 Å². The number of rotatable bonds is 5. The van der Waals surface area contributed by atoms with E-state index >= 15 is 0 Å². The zero-order valence-electron chi connectivity index (χ0n) is 15.8. The van der Waals surface area contributed by atoms with E-state index in [1.54, 1.807) is 6.07 Å². The first-order chi connectivity index (χ1) is 13.5. The van der Waals surface area contributed by atoms with Crippen LogP contribution in [-0.2, 0) is 11.3 Å². The number of halogens is 1. The third-order valence-corrected chi connectivity index (χ3v) is 5.22. The van der Waals surface area contributed by atoms with Gasteiger partial charge in [-0.25, -0.2) is 9.07 Å². The molecule has 1 atom stereocenters. The third kappa shape index (κ3) is 3.68. The highest BCUT2D eigenvalue weighted by Gasteiger charge is 2.30. The van der Waals surface area contributed by atoms with Crippen molar-refractivity contribution in [2.45, 2.75) is 32.4 Å². The number of amides is 1. The van der Waals surface area contributed by atoms with Crippen LogP contribution in [0.25, 0.3) is 16.9 Å². The molecule has 1 amide bonds. The number of carbonyl (C=O) groups is 1. The van der Waals surface area contributed by atoms with Crippen LogP contribution in [0, 0.1) is 12.7 Å². The average Bonchev–Trinajstić information content (AvgIpc) is 3.29. The highest BCUT2D eigenvalue weighted by Crippen LogP contribution is 2.28. The Balaban J connectivity index is 1.76. The summed E-state index contributed by atoms with van der Waals surface area (Å²) in [4.78, 5) is 13.9. The van der Waals surface area contributed by atoms with Crippen molar-refractivity contribution in [3.8, 4) is 16.9 Å². The van der Waals surface area contributed by atoms with Crippen LogP contribution < -0.4 is 5.73 Å². The summed E-state index contributed by atoms with van der Waals surface area (Å²) in [6.07, 6.45) is 3.68. The molecule has 2 aromatic carbocycles. The molecule has 2 heterocycles. The van der Waals surface area contributed by atoms with Crippen LogP contribution in [0.4, 0.5) is 4.39 Å². The van der Waals surface area contributed by atoms with Gasteiger partial charge in [0.1, 0.15) is 5.82 Å². The first kappa shape index (κ1) is 18.4. The molecule has 1 fully saturated rings. The number of primary amides is 1. The number of hydrogen-bond donors (Lipinski definition) is 1. The Labute approximate surface area is 163 Å². The van der Waals surface area contributed by atoms with Crippen LogP contribution in [0.1, 0.15) is 24.0 Å². The number of benzene rings is 2. The Kier molecular flexibility index (Phi) is 4.96. The fraction of sp³-hybridized carbons (Fsp3) is 0.273. The predicted octanol–water partition coefficient (Wildman–Crippen LogP) is 3.44. The molecule has 6 heteroatoms. The van der Waals surface area contributed by atoms with Gasteiger partial charge >= 0.3 is 0 Å². The summed E-state index contributed by atoms with van der Waals surface area (Å²) in [6, 6.07) is 14.2. The van der Waals surface area contributed by atoms with E-state index in [0.717, 1.165) is 47.5 Å². The maximum atomic E-state index is 13.8. The summed E-state index contributed by atoms with van der Waals surface area (Å²) in [5, 5.41) is 4.75. The van der Waals surface area contributed by atoms with E-state index < -0.39 is 0 Å². The van der Waals surface area contributed by atoms with Gasteiger partial charge in [0.15, 0.2) is 0 Å². The number of hydrogen-bond acceptors (Lipinski definition) is 3. The molecule has 2 N–H and O–H groups in total. The maximum absolute atomic E-state index is 13.8. The van der Waals surface area contributed by atoms with Gasteiger partial charge in [0.05, 0.1) is 17.4 Å². The van der Waals surface area contributed by atoms with E-state index in [1.807, 2.05) is 48.1 Å². The minimum Gasteiger partial charge on any atom is -0.368 e. The molecule has 28 heavy (non-hydrogen) atoms. The summed E-state index contributed by atoms with van der Waals surface area (Å²) in [5.74, 6) is -0.597. The van der Waals surface area contributed by atoms with Gasteiger partial charge in [-0.3, -0.25) is 9.69 Å². The lowest BCUT2D eigenvalue weighted by atomic mass is 10.1. The minimum atomic E-state index is -0.301. The molecule has 0 spiro atoms. The molecule has 144 valence electrons. The van der Waals surface area contributed by atoms with Crippen LogP contribution in [0.15, 0.2) is 54.7 Å². The van der Waals surface area contributed by atoms with E-state index in [1.165, 1.54) is 12.1 Å². The second-order valence-corrected chi connectivity index (χ2v) is 7.33. The number of carbonyl (C=O) groups excluding carboxylic acids is 1. The topological polar surface area (TPSA) is 64.2 Å².